The zero-order valence-corrected chi connectivity index (χ0v) is 67.0. The van der Waals surface area contributed by atoms with E-state index in [4.69, 9.17) is 30.6 Å². The Labute approximate surface area is 689 Å². The van der Waals surface area contributed by atoms with Crippen LogP contribution in [0.5, 0.6) is 17.2 Å². The van der Waals surface area contributed by atoms with E-state index in [0.717, 1.165) is 98.8 Å². The maximum atomic E-state index is 11.2. The number of aromatic nitrogens is 6. The molecule has 0 aliphatic carbocycles. The topological polar surface area (TPSA) is 370 Å². The summed E-state index contributed by atoms with van der Waals surface area (Å²) in [6.07, 6.45) is 0. The van der Waals surface area contributed by atoms with E-state index < -0.39 is 35.8 Å². The van der Waals surface area contributed by atoms with Crippen LogP contribution in [0.15, 0.2) is 309 Å². The van der Waals surface area contributed by atoms with Gasteiger partial charge in [0.15, 0.2) is 0 Å². The third-order valence-electron chi connectivity index (χ3n) is 17.8. The number of hydrogen-bond acceptors (Lipinski definition) is 15. The van der Waals surface area contributed by atoms with Gasteiger partial charge in [-0.15, -0.1) is 17.2 Å². The molecule has 0 unspecified atom stereocenters. The monoisotopic (exact) mass is 1620 g/mol. The third kappa shape index (κ3) is 22.8. The van der Waals surface area contributed by atoms with Crippen LogP contribution in [0.3, 0.4) is 0 Å². The summed E-state index contributed by atoms with van der Waals surface area (Å²) in [5.41, 5.74) is 9.82. The van der Waals surface area contributed by atoms with Crippen molar-refractivity contribution in [1.82, 2.24) is 29.9 Å². The van der Waals surface area contributed by atoms with E-state index in [9.17, 15) is 44.1 Å². The van der Waals surface area contributed by atoms with Gasteiger partial charge in [0.2, 0.25) is 0 Å². The van der Waals surface area contributed by atoms with E-state index in [-0.39, 0.29) is 70.4 Å². The minimum Gasteiger partial charge on any atom is -0.872 e. The molecule has 6 N–H and O–H groups in total. The number of rotatable bonds is 6. The zero-order valence-electron chi connectivity index (χ0n) is 64.6. The summed E-state index contributed by atoms with van der Waals surface area (Å²) in [5.74, 6) is -5.32. The second-order valence-electron chi connectivity index (χ2n) is 26.2. The number of carboxylic acids is 6. The normalized spacial score (nSPS) is 10.2. The molecule has 6 heterocycles. The zero-order chi connectivity index (χ0) is 83.8. The van der Waals surface area contributed by atoms with Gasteiger partial charge in [0, 0.05) is 66.5 Å². The fraction of sp³-hybridized carbons (Fsp3) is 0.0625. The summed E-state index contributed by atoms with van der Waals surface area (Å²) in [4.78, 5) is 90.6. The molecule has 18 rings (SSSR count). The Bertz CT molecular complexity index is 5790. The van der Waals surface area contributed by atoms with E-state index in [0.29, 0.717) is 33.1 Å². The van der Waals surface area contributed by atoms with Crippen LogP contribution in [0.1, 0.15) is 96.3 Å². The van der Waals surface area contributed by atoms with E-state index in [1.165, 1.54) is 0 Å². The van der Waals surface area contributed by atoms with Crippen molar-refractivity contribution in [2.75, 3.05) is 0 Å². The summed E-state index contributed by atoms with van der Waals surface area (Å²) in [6, 6.07) is 92.1. The molecule has 0 aliphatic rings. The van der Waals surface area contributed by atoms with Crippen LogP contribution < -0.4 is 15.3 Å². The molecule has 0 saturated heterocycles. The van der Waals surface area contributed by atoms with Crippen molar-refractivity contribution in [3.8, 4) is 17.2 Å². The van der Waals surface area contributed by atoms with Crippen molar-refractivity contribution in [1.29, 1.82) is 0 Å². The van der Waals surface area contributed by atoms with Gasteiger partial charge >= 0.3 is 55.6 Å². The van der Waals surface area contributed by atoms with Gasteiger partial charge in [0.05, 0.1) is 66.5 Å². The molecule has 0 atom stereocenters. The number of pyridine rings is 6. The van der Waals surface area contributed by atoms with Crippen molar-refractivity contribution in [2.24, 2.45) is 0 Å². The van der Waals surface area contributed by atoms with E-state index in [2.05, 4.69) is 29.9 Å². The molecule has 18 aromatic rings. The van der Waals surface area contributed by atoms with Crippen molar-refractivity contribution >= 4 is 153 Å². The average Bonchev–Trinajstić information content (AvgIpc) is 0.819. The second-order valence-corrected chi connectivity index (χ2v) is 26.2. The van der Waals surface area contributed by atoms with Crippen molar-refractivity contribution in [2.45, 2.75) is 41.5 Å². The summed E-state index contributed by atoms with van der Waals surface area (Å²) in [6.45, 7) is 11.1. The Hall–Kier alpha value is -15.3. The summed E-state index contributed by atoms with van der Waals surface area (Å²) in [5, 5.41) is 97.7. The molecule has 6 aromatic heterocycles. The van der Waals surface area contributed by atoms with Crippen molar-refractivity contribution < 1.29 is 74.7 Å². The van der Waals surface area contributed by atoms with Gasteiger partial charge in [-0.1, -0.05) is 237 Å². The van der Waals surface area contributed by atoms with E-state index >= 15 is 0 Å². The van der Waals surface area contributed by atoms with Crippen LogP contribution in [0, 0.1) is 41.5 Å². The van der Waals surface area contributed by atoms with Crippen LogP contribution in [-0.2, 0) is 0 Å². The maximum absolute atomic E-state index is 11.2. The van der Waals surface area contributed by atoms with Crippen molar-refractivity contribution in [3.63, 3.8) is 0 Å². The molecular weight excluding hydrogens is 1550 g/mol. The van der Waals surface area contributed by atoms with E-state index in [1.54, 1.807) is 109 Å². The van der Waals surface area contributed by atoms with Gasteiger partial charge in [-0.05, 0) is 147 Å². The van der Waals surface area contributed by atoms with Gasteiger partial charge in [-0.3, -0.25) is 29.9 Å². The summed E-state index contributed by atoms with van der Waals surface area (Å²) >= 11 is 0. The van der Waals surface area contributed by atoms with Crippen LogP contribution >= 0.6 is 0 Å². The van der Waals surface area contributed by atoms with Gasteiger partial charge in [0.25, 0.3) is 0 Å². The molecule has 0 radical (unpaired) electrons. The Morgan fingerprint density at radius 2 is 0.339 bits per heavy atom. The fourth-order valence-electron chi connectivity index (χ4n) is 12.1. The number of para-hydroxylation sites is 6. The largest absolute Gasteiger partial charge is 3.00 e. The summed E-state index contributed by atoms with van der Waals surface area (Å²) in [7, 11) is 0. The van der Waals surface area contributed by atoms with Gasteiger partial charge in [0.1, 0.15) is 0 Å². The Kier molecular flexibility index (Phi) is 30.1. The van der Waals surface area contributed by atoms with Gasteiger partial charge < -0.3 is 46.0 Å². The molecule has 0 saturated carbocycles. The number of aryl methyl sites for hydroxylation is 6. The predicted octanol–water partition coefficient (Wildman–Crippen LogP) is 18.8. The first-order valence-corrected chi connectivity index (χ1v) is 36.3. The molecule has 0 bridgehead atoms. The van der Waals surface area contributed by atoms with Crippen LogP contribution in [0.2, 0.25) is 0 Å². The van der Waals surface area contributed by atoms with Crippen LogP contribution in [-0.4, -0.2) is 116 Å². The second kappa shape index (κ2) is 41.0. The number of carboxylic acid groups (broad SMARTS) is 6. The standard InChI is InChI=1S/6C11H9NO2.3C10H8O.Ga/c6*1-7-5-6-8-3-2-4-9(11(13)14)10(8)12-7;3*11-10-7-3-5-8-4-1-2-6-9(8)10;/h6*2-6H,1H3,(H,13,14);3*1-7,11H;/q;;;;;;;;;+3/p-3. The molecule has 22 heteroatoms. The van der Waals surface area contributed by atoms with Gasteiger partial charge in [-0.2, -0.15) is 0 Å². The first-order chi connectivity index (χ1) is 56.2. The number of carbonyl (C=O) groups is 6. The minimum absolute atomic E-state index is 0. The molecular formula is C96H75GaN6O15. The van der Waals surface area contributed by atoms with Crippen LogP contribution in [0.25, 0.3) is 97.7 Å². The Morgan fingerprint density at radius 3 is 0.500 bits per heavy atom. The molecule has 582 valence electrons. The number of fused-ring (bicyclic) bond motifs is 9. The smallest absolute Gasteiger partial charge is 0.872 e. The minimum atomic E-state index is -0.936. The maximum Gasteiger partial charge on any atom is 3.00 e. The fourth-order valence-corrected chi connectivity index (χ4v) is 12.1. The predicted molar refractivity (Wildman–Crippen MR) is 457 cm³/mol. The Morgan fingerprint density at radius 1 is 0.195 bits per heavy atom. The van der Waals surface area contributed by atoms with Crippen molar-refractivity contribution in [3.05, 3.63) is 377 Å². The quantitative estimate of drug-likeness (QED) is 0.0842. The average molecular weight is 1620 g/mol. The molecule has 118 heavy (non-hydrogen) atoms. The summed E-state index contributed by atoms with van der Waals surface area (Å²) < 4.78 is 0. The molecule has 0 fully saturated rings. The van der Waals surface area contributed by atoms with Gasteiger partial charge in [-0.25, -0.2) is 28.8 Å². The molecule has 0 amide bonds. The SMILES string of the molecule is Cc1ccc2cccc(C(=O)O)c2n1.Cc1ccc2cccc(C(=O)O)c2n1.Cc1ccc2cccc(C(=O)O)c2n1.Cc1ccc2cccc(C(=O)O)c2n1.Cc1ccc2cccc(C(=O)O)c2n1.Cc1ccc2cccc(C(=O)O)c2n1.[Ga+3].[O-]c1cccc2ccccc12.[O-]c1cccc2ccccc12.[O-]c1cccc2ccccc12. The number of aromatic carboxylic acids is 6. The molecule has 0 aliphatic heterocycles. The van der Waals surface area contributed by atoms with Crippen LogP contribution in [0.4, 0.5) is 0 Å². The number of hydrogen-bond donors (Lipinski definition) is 6. The molecule has 12 aromatic carbocycles. The first kappa shape index (κ1) is 86.7. The van der Waals surface area contributed by atoms with E-state index in [1.807, 2.05) is 242 Å². The number of nitrogens with zero attached hydrogens (tertiary/aromatic N) is 6. The molecule has 21 nitrogen and oxygen atoms in total. The number of benzene rings is 12. The molecule has 0 spiro atoms. The first-order valence-electron chi connectivity index (χ1n) is 36.3. The third-order valence-corrected chi connectivity index (χ3v) is 17.8. The Balaban J connectivity index is 0.000000151.